The zero-order chi connectivity index (χ0) is 26.6. The van der Waals surface area contributed by atoms with E-state index in [4.69, 9.17) is 20.3 Å². The highest BCUT2D eigenvalue weighted by molar-refractivity contribution is 6.06. The summed E-state index contributed by atoms with van der Waals surface area (Å²) in [5.41, 5.74) is 10.0. The quantitative estimate of drug-likeness (QED) is 0.323. The molecule has 0 radical (unpaired) electrons. The lowest BCUT2D eigenvalue weighted by molar-refractivity contribution is 0.0274. The summed E-state index contributed by atoms with van der Waals surface area (Å²) in [5, 5.41) is 9.23. The minimum absolute atomic E-state index is 0.00309. The van der Waals surface area contributed by atoms with Crippen LogP contribution in [0.1, 0.15) is 27.2 Å². The summed E-state index contributed by atoms with van der Waals surface area (Å²) in [7, 11) is 0. The summed E-state index contributed by atoms with van der Waals surface area (Å²) >= 11 is 0. The number of anilines is 1. The van der Waals surface area contributed by atoms with Gasteiger partial charge in [0, 0.05) is 18.5 Å². The van der Waals surface area contributed by atoms with Crippen molar-refractivity contribution in [3.05, 3.63) is 88.6 Å². The van der Waals surface area contributed by atoms with E-state index in [9.17, 15) is 13.6 Å². The van der Waals surface area contributed by atoms with Gasteiger partial charge in [-0.05, 0) is 52.1 Å². The van der Waals surface area contributed by atoms with Gasteiger partial charge in [-0.2, -0.15) is 0 Å². The zero-order valence-electron chi connectivity index (χ0n) is 20.5. The number of rotatable bonds is 9. The first-order valence-electron chi connectivity index (χ1n) is 12.1. The van der Waals surface area contributed by atoms with Crippen LogP contribution in [-0.4, -0.2) is 52.3 Å². The molecule has 5 rings (SSSR count). The molecule has 0 bridgehead atoms. The maximum Gasteiger partial charge on any atom is 0.273 e. The molecule has 1 aliphatic rings. The number of aliphatic hydroxyl groups is 1. The fourth-order valence-electron chi connectivity index (χ4n) is 4.55. The first-order valence-corrected chi connectivity index (χ1v) is 12.1. The Hall–Kier alpha value is -3.99. The van der Waals surface area contributed by atoms with Crippen molar-refractivity contribution in [2.75, 3.05) is 32.2 Å². The van der Waals surface area contributed by atoms with Crippen LogP contribution in [0.4, 0.5) is 14.7 Å². The van der Waals surface area contributed by atoms with Gasteiger partial charge in [-0.15, -0.1) is 0 Å². The van der Waals surface area contributed by atoms with E-state index in [-0.39, 0.29) is 50.6 Å². The molecule has 1 aliphatic heterocycles. The Labute approximate surface area is 217 Å². The van der Waals surface area contributed by atoms with Gasteiger partial charge < -0.3 is 25.2 Å². The van der Waals surface area contributed by atoms with Crippen molar-refractivity contribution < 1.29 is 28.2 Å². The SMILES string of the molecule is Nc1nc(C(=O)N2Cc3ccccc3C2)c2cc(-c3cc(F)c(F)cc3COCCOCCO)ccc2n1. The Bertz CT molecular complexity index is 1470. The second-order valence-corrected chi connectivity index (χ2v) is 8.90. The molecule has 0 fully saturated rings. The lowest BCUT2D eigenvalue weighted by atomic mass is 9.97. The molecule has 196 valence electrons. The zero-order valence-corrected chi connectivity index (χ0v) is 20.5. The third kappa shape index (κ3) is 5.33. The summed E-state index contributed by atoms with van der Waals surface area (Å²) in [5.74, 6) is -2.33. The number of hydrogen-bond donors (Lipinski definition) is 2. The molecule has 38 heavy (non-hydrogen) atoms. The van der Waals surface area contributed by atoms with Crippen molar-refractivity contribution in [2.45, 2.75) is 19.7 Å². The molecule has 1 amide bonds. The Morgan fingerprint density at radius 2 is 1.66 bits per heavy atom. The molecule has 3 N–H and O–H groups in total. The highest BCUT2D eigenvalue weighted by Crippen LogP contribution is 2.32. The summed E-state index contributed by atoms with van der Waals surface area (Å²) < 4.78 is 39.2. The highest BCUT2D eigenvalue weighted by atomic mass is 19.2. The molecule has 10 heteroatoms. The molecular formula is C28H26F2N4O4. The third-order valence-electron chi connectivity index (χ3n) is 6.37. The number of nitrogens with zero attached hydrogens (tertiary/aromatic N) is 3. The molecule has 4 aromatic rings. The second kappa shape index (κ2) is 11.2. The number of amides is 1. The number of halogens is 2. The number of carbonyl (C=O) groups is 1. The molecule has 0 atom stereocenters. The number of nitrogens with two attached hydrogens (primary N) is 1. The minimum Gasteiger partial charge on any atom is -0.394 e. The average molecular weight is 521 g/mol. The van der Waals surface area contributed by atoms with Crippen LogP contribution in [0.2, 0.25) is 0 Å². The molecule has 0 aliphatic carbocycles. The number of nitrogen functional groups attached to an aromatic ring is 1. The topological polar surface area (TPSA) is 111 Å². The van der Waals surface area contributed by atoms with Crippen molar-refractivity contribution in [3.8, 4) is 11.1 Å². The number of hydrogen-bond acceptors (Lipinski definition) is 7. The van der Waals surface area contributed by atoms with Gasteiger partial charge in [0.05, 0.1) is 38.6 Å². The van der Waals surface area contributed by atoms with E-state index in [1.165, 1.54) is 0 Å². The number of ether oxygens (including phenoxy) is 2. The number of fused-ring (bicyclic) bond motifs is 2. The largest absolute Gasteiger partial charge is 0.394 e. The van der Waals surface area contributed by atoms with Gasteiger partial charge in [-0.3, -0.25) is 4.79 Å². The molecule has 8 nitrogen and oxygen atoms in total. The number of benzene rings is 3. The predicted molar refractivity (Wildman–Crippen MR) is 137 cm³/mol. The Kier molecular flexibility index (Phi) is 7.54. The van der Waals surface area contributed by atoms with E-state index >= 15 is 0 Å². The summed E-state index contributed by atoms with van der Waals surface area (Å²) in [6.07, 6.45) is 0. The van der Waals surface area contributed by atoms with Crippen molar-refractivity contribution >= 4 is 22.8 Å². The molecule has 0 saturated carbocycles. The first-order chi connectivity index (χ1) is 18.4. The standard InChI is InChI=1S/C28H26F2N4O4/c29-23-12-20(16-38-10-9-37-8-7-35)21(13-24(23)30)17-5-6-25-22(11-17)26(33-28(31)32-25)27(36)34-14-18-3-1-2-4-19(18)15-34/h1-6,11-13,35H,7-10,14-16H2,(H2,31,32,33). The van der Waals surface area contributed by atoms with Crippen molar-refractivity contribution in [3.63, 3.8) is 0 Å². The lowest BCUT2D eigenvalue weighted by Gasteiger charge is -2.17. The van der Waals surface area contributed by atoms with E-state index < -0.39 is 11.6 Å². The normalized spacial score (nSPS) is 12.8. The molecule has 2 heterocycles. The van der Waals surface area contributed by atoms with Gasteiger partial charge in [0.25, 0.3) is 5.91 Å². The van der Waals surface area contributed by atoms with Crippen LogP contribution in [0, 0.1) is 11.6 Å². The summed E-state index contributed by atoms with van der Waals surface area (Å²) in [4.78, 5) is 23.8. The van der Waals surface area contributed by atoms with Gasteiger partial charge in [0.1, 0.15) is 5.69 Å². The molecule has 1 aromatic heterocycles. The van der Waals surface area contributed by atoms with E-state index in [2.05, 4.69) is 9.97 Å². The average Bonchev–Trinajstić information content (AvgIpc) is 3.36. The molecular weight excluding hydrogens is 494 g/mol. The molecule has 0 saturated heterocycles. The molecule has 3 aromatic carbocycles. The van der Waals surface area contributed by atoms with Crippen LogP contribution in [-0.2, 0) is 29.2 Å². The number of aliphatic hydroxyl groups excluding tert-OH is 1. The fourth-order valence-corrected chi connectivity index (χ4v) is 4.55. The number of carbonyl (C=O) groups excluding carboxylic acids is 1. The summed E-state index contributed by atoms with van der Waals surface area (Å²) in [6.45, 7) is 1.46. The lowest BCUT2D eigenvalue weighted by Crippen LogP contribution is -2.27. The van der Waals surface area contributed by atoms with E-state index in [0.29, 0.717) is 40.7 Å². The second-order valence-electron chi connectivity index (χ2n) is 8.90. The van der Waals surface area contributed by atoms with Crippen LogP contribution < -0.4 is 5.73 Å². The van der Waals surface area contributed by atoms with Crippen LogP contribution in [0.15, 0.2) is 54.6 Å². The summed E-state index contributed by atoms with van der Waals surface area (Å²) in [6, 6.07) is 15.1. The van der Waals surface area contributed by atoms with Crippen LogP contribution in [0.3, 0.4) is 0 Å². The Balaban J connectivity index is 1.48. The maximum atomic E-state index is 14.3. The molecule has 0 unspecified atom stereocenters. The Morgan fingerprint density at radius 3 is 2.39 bits per heavy atom. The Morgan fingerprint density at radius 1 is 0.947 bits per heavy atom. The first kappa shape index (κ1) is 25.7. The van der Waals surface area contributed by atoms with Crippen LogP contribution >= 0.6 is 0 Å². The van der Waals surface area contributed by atoms with Gasteiger partial charge in [-0.25, -0.2) is 18.7 Å². The predicted octanol–water partition coefficient (Wildman–Crippen LogP) is 3.84. The van der Waals surface area contributed by atoms with Crippen molar-refractivity contribution in [2.24, 2.45) is 0 Å². The minimum atomic E-state index is -1.00. The monoisotopic (exact) mass is 520 g/mol. The number of aromatic nitrogens is 2. The van der Waals surface area contributed by atoms with Gasteiger partial charge >= 0.3 is 0 Å². The maximum absolute atomic E-state index is 14.3. The van der Waals surface area contributed by atoms with E-state index in [1.54, 1.807) is 23.1 Å². The van der Waals surface area contributed by atoms with Crippen molar-refractivity contribution in [1.82, 2.24) is 14.9 Å². The smallest absolute Gasteiger partial charge is 0.273 e. The van der Waals surface area contributed by atoms with Crippen LogP contribution in [0.5, 0.6) is 0 Å². The van der Waals surface area contributed by atoms with Gasteiger partial charge in [0.2, 0.25) is 5.95 Å². The third-order valence-corrected chi connectivity index (χ3v) is 6.37. The highest BCUT2D eigenvalue weighted by Gasteiger charge is 2.27. The van der Waals surface area contributed by atoms with Crippen molar-refractivity contribution in [1.29, 1.82) is 0 Å². The fraction of sp³-hybridized carbons (Fsp3) is 0.250. The molecule has 0 spiro atoms. The van der Waals surface area contributed by atoms with Gasteiger partial charge in [-0.1, -0.05) is 30.3 Å². The van der Waals surface area contributed by atoms with E-state index in [1.807, 2.05) is 24.3 Å². The van der Waals surface area contributed by atoms with E-state index in [0.717, 1.165) is 23.3 Å². The van der Waals surface area contributed by atoms with Crippen LogP contribution in [0.25, 0.3) is 22.0 Å². The van der Waals surface area contributed by atoms with Gasteiger partial charge in [0.15, 0.2) is 11.6 Å².